The molecule has 2 aromatic rings. The first-order valence-corrected chi connectivity index (χ1v) is 9.83. The number of amides is 1. The Morgan fingerprint density at radius 3 is 2.77 bits per heavy atom. The van der Waals surface area contributed by atoms with E-state index < -0.39 is 0 Å². The zero-order valence-corrected chi connectivity index (χ0v) is 16.5. The number of hydrogen-bond donors (Lipinski definition) is 0. The lowest BCUT2D eigenvalue weighted by Crippen LogP contribution is -2.39. The molecule has 0 saturated carbocycles. The third kappa shape index (κ3) is 4.22. The van der Waals surface area contributed by atoms with Gasteiger partial charge in [0.2, 0.25) is 0 Å². The molecule has 0 N–H and O–H groups in total. The molecular weight excluding hydrogens is 348 g/mol. The second-order valence-corrected chi connectivity index (χ2v) is 8.18. The van der Waals surface area contributed by atoms with Crippen molar-refractivity contribution in [2.75, 3.05) is 33.7 Å². The van der Waals surface area contributed by atoms with Crippen LogP contribution in [0.4, 0.5) is 0 Å². The van der Waals surface area contributed by atoms with Crippen LogP contribution in [-0.4, -0.2) is 64.8 Å². The molecule has 0 aromatic carbocycles. The summed E-state index contributed by atoms with van der Waals surface area (Å²) in [6.45, 7) is 4.85. The fourth-order valence-electron chi connectivity index (χ4n) is 3.35. The summed E-state index contributed by atoms with van der Waals surface area (Å²) in [5, 5.41) is 0. The van der Waals surface area contributed by atoms with Crippen LogP contribution in [0.2, 0.25) is 0 Å². The van der Waals surface area contributed by atoms with Gasteiger partial charge in [-0.3, -0.25) is 9.59 Å². The molecule has 3 rings (SSSR count). The van der Waals surface area contributed by atoms with Crippen molar-refractivity contribution in [2.45, 2.75) is 32.2 Å². The van der Waals surface area contributed by atoms with Crippen molar-refractivity contribution >= 4 is 23.0 Å². The molecule has 1 unspecified atom stereocenters. The average molecular weight is 375 g/mol. The van der Waals surface area contributed by atoms with E-state index in [4.69, 9.17) is 0 Å². The summed E-state index contributed by atoms with van der Waals surface area (Å²) in [4.78, 5) is 34.3. The molecule has 140 valence electrons. The predicted octanol–water partition coefficient (Wildman–Crippen LogP) is 2.73. The molecule has 1 fully saturated rings. The van der Waals surface area contributed by atoms with Gasteiger partial charge in [-0.1, -0.05) is 0 Å². The van der Waals surface area contributed by atoms with Crippen molar-refractivity contribution in [3.05, 3.63) is 40.1 Å². The van der Waals surface area contributed by atoms with Gasteiger partial charge in [-0.25, -0.2) is 4.98 Å². The average Bonchev–Trinajstić information content (AvgIpc) is 3.29. The number of nitrogens with zero attached hydrogens (tertiary/aromatic N) is 4. The second-order valence-electron chi connectivity index (χ2n) is 7.09. The normalized spacial score (nSPS) is 17.7. The number of rotatable bonds is 6. The molecule has 1 saturated heterocycles. The van der Waals surface area contributed by atoms with Crippen LogP contribution in [-0.2, 0) is 6.54 Å². The maximum Gasteiger partial charge on any atom is 0.263 e. The Kier molecular flexibility index (Phi) is 5.88. The minimum atomic E-state index is 0.00786. The highest BCUT2D eigenvalue weighted by atomic mass is 32.1. The first-order chi connectivity index (χ1) is 12.5. The van der Waals surface area contributed by atoms with Crippen LogP contribution in [0.25, 0.3) is 0 Å². The molecule has 0 bridgehead atoms. The minimum Gasteiger partial charge on any atom is -0.337 e. The monoisotopic (exact) mass is 374 g/mol. The van der Waals surface area contributed by atoms with Gasteiger partial charge in [0.1, 0.15) is 5.82 Å². The van der Waals surface area contributed by atoms with Crippen LogP contribution >= 0.6 is 11.3 Å². The number of carbonyl (C=O) groups excluding carboxylic acids is 2. The van der Waals surface area contributed by atoms with Gasteiger partial charge in [-0.05, 0) is 46.0 Å². The first-order valence-electron chi connectivity index (χ1n) is 9.01. The van der Waals surface area contributed by atoms with Crippen LogP contribution in [0.1, 0.15) is 50.9 Å². The van der Waals surface area contributed by atoms with Gasteiger partial charge in [0, 0.05) is 44.5 Å². The number of aromatic nitrogens is 2. The standard InChI is InChI=1S/C19H26N4O2S/c1-14(24)16-6-7-17(26-16)19(25)23-9-4-5-15(13-23)18-20-8-10-22(18)12-11-21(2)3/h6-8,10,15H,4-5,9,11-13H2,1-3H3. The van der Waals surface area contributed by atoms with Gasteiger partial charge in [-0.15, -0.1) is 11.3 Å². The third-order valence-electron chi connectivity index (χ3n) is 4.77. The fraction of sp³-hybridized carbons (Fsp3) is 0.526. The van der Waals surface area contributed by atoms with E-state index in [9.17, 15) is 9.59 Å². The summed E-state index contributed by atoms with van der Waals surface area (Å²) in [6, 6.07) is 3.51. The smallest absolute Gasteiger partial charge is 0.263 e. The van der Waals surface area contributed by atoms with Gasteiger partial charge < -0.3 is 14.4 Å². The van der Waals surface area contributed by atoms with Gasteiger partial charge >= 0.3 is 0 Å². The molecule has 1 amide bonds. The molecular formula is C19H26N4O2S. The quantitative estimate of drug-likeness (QED) is 0.730. The zero-order chi connectivity index (χ0) is 18.7. The lowest BCUT2D eigenvalue weighted by Gasteiger charge is -2.32. The molecule has 7 heteroatoms. The number of likely N-dealkylation sites (tertiary alicyclic amines) is 1. The van der Waals surface area contributed by atoms with E-state index >= 15 is 0 Å². The molecule has 0 radical (unpaired) electrons. The van der Waals surface area contributed by atoms with Crippen LogP contribution < -0.4 is 0 Å². The number of hydrogen-bond acceptors (Lipinski definition) is 5. The number of thiophene rings is 1. The van der Waals surface area contributed by atoms with E-state index in [0.717, 1.165) is 38.3 Å². The summed E-state index contributed by atoms with van der Waals surface area (Å²) in [6.07, 6.45) is 5.90. The van der Waals surface area contributed by atoms with Crippen molar-refractivity contribution < 1.29 is 9.59 Å². The Labute approximate surface area is 158 Å². The van der Waals surface area contributed by atoms with Crippen molar-refractivity contribution in [3.63, 3.8) is 0 Å². The molecule has 2 aromatic heterocycles. The van der Waals surface area contributed by atoms with E-state index in [0.29, 0.717) is 16.3 Å². The second kappa shape index (κ2) is 8.14. The van der Waals surface area contributed by atoms with Crippen LogP contribution in [0.5, 0.6) is 0 Å². The number of Topliss-reactive ketones (excluding diaryl/α,β-unsaturated/α-hetero) is 1. The third-order valence-corrected chi connectivity index (χ3v) is 5.95. The number of carbonyl (C=O) groups is 2. The SMILES string of the molecule is CC(=O)c1ccc(C(=O)N2CCCC(c3nccn3CCN(C)C)C2)s1. The summed E-state index contributed by atoms with van der Waals surface area (Å²) >= 11 is 1.29. The lowest BCUT2D eigenvalue weighted by atomic mass is 9.97. The highest BCUT2D eigenvalue weighted by Gasteiger charge is 2.28. The topological polar surface area (TPSA) is 58.4 Å². The van der Waals surface area contributed by atoms with E-state index in [2.05, 4.69) is 28.5 Å². The van der Waals surface area contributed by atoms with E-state index in [1.807, 2.05) is 17.3 Å². The number of ketones is 1. The van der Waals surface area contributed by atoms with E-state index in [1.165, 1.54) is 18.3 Å². The lowest BCUT2D eigenvalue weighted by molar-refractivity contribution is 0.0708. The van der Waals surface area contributed by atoms with Crippen LogP contribution in [0, 0.1) is 0 Å². The highest BCUT2D eigenvalue weighted by Crippen LogP contribution is 2.28. The van der Waals surface area contributed by atoms with Crippen molar-refractivity contribution in [1.82, 2.24) is 19.4 Å². The molecule has 1 aliphatic rings. The molecule has 3 heterocycles. The predicted molar refractivity (Wildman–Crippen MR) is 103 cm³/mol. The maximum atomic E-state index is 12.8. The Bertz CT molecular complexity index is 780. The molecule has 6 nitrogen and oxygen atoms in total. The zero-order valence-electron chi connectivity index (χ0n) is 15.6. The summed E-state index contributed by atoms with van der Waals surface area (Å²) in [7, 11) is 4.13. The van der Waals surface area contributed by atoms with Gasteiger partial charge in [-0.2, -0.15) is 0 Å². The number of piperidine rings is 1. The Hall–Kier alpha value is -1.99. The van der Waals surface area contributed by atoms with Gasteiger partial charge in [0.05, 0.1) is 9.75 Å². The minimum absolute atomic E-state index is 0.00786. The van der Waals surface area contributed by atoms with E-state index in [1.54, 1.807) is 12.1 Å². The first kappa shape index (κ1) is 18.8. The van der Waals surface area contributed by atoms with E-state index in [-0.39, 0.29) is 17.6 Å². The number of likely N-dealkylation sites (N-methyl/N-ethyl adjacent to an activating group) is 1. The highest BCUT2D eigenvalue weighted by molar-refractivity contribution is 7.15. The molecule has 1 aliphatic heterocycles. The summed E-state index contributed by atoms with van der Waals surface area (Å²) in [5.74, 6) is 1.36. The van der Waals surface area contributed by atoms with Crippen LogP contribution in [0.3, 0.4) is 0 Å². The largest absolute Gasteiger partial charge is 0.337 e. The van der Waals surface area contributed by atoms with Gasteiger partial charge in [0.25, 0.3) is 5.91 Å². The van der Waals surface area contributed by atoms with Crippen molar-refractivity contribution in [3.8, 4) is 0 Å². The molecule has 26 heavy (non-hydrogen) atoms. The molecule has 1 atom stereocenters. The number of imidazole rings is 1. The molecule has 0 aliphatic carbocycles. The summed E-state index contributed by atoms with van der Waals surface area (Å²) in [5.41, 5.74) is 0. The Balaban J connectivity index is 1.70. The Morgan fingerprint density at radius 2 is 2.08 bits per heavy atom. The molecule has 0 spiro atoms. The Morgan fingerprint density at radius 1 is 1.31 bits per heavy atom. The van der Waals surface area contributed by atoms with Crippen molar-refractivity contribution in [2.24, 2.45) is 0 Å². The fourth-order valence-corrected chi connectivity index (χ4v) is 4.22. The van der Waals surface area contributed by atoms with Crippen molar-refractivity contribution in [1.29, 1.82) is 0 Å². The van der Waals surface area contributed by atoms with Crippen LogP contribution in [0.15, 0.2) is 24.5 Å². The van der Waals surface area contributed by atoms with Gasteiger partial charge in [0.15, 0.2) is 5.78 Å². The maximum absolute atomic E-state index is 12.8. The summed E-state index contributed by atoms with van der Waals surface area (Å²) < 4.78 is 2.21.